The number of carbonyl (C=O) groups is 2. The largest absolute Gasteiger partial charge is 0.496 e. The highest BCUT2D eigenvalue weighted by Gasteiger charge is 2.16. The Morgan fingerprint density at radius 1 is 1.12 bits per heavy atom. The lowest BCUT2D eigenvalue weighted by molar-refractivity contribution is -0.136. The highest BCUT2D eigenvalue weighted by molar-refractivity contribution is 9.10. The van der Waals surface area contributed by atoms with E-state index in [1.54, 1.807) is 18.2 Å². The second-order valence-corrected chi connectivity index (χ2v) is 6.04. The first-order valence-electron chi connectivity index (χ1n) is 7.64. The van der Waals surface area contributed by atoms with Crippen molar-refractivity contribution in [1.29, 1.82) is 0 Å². The van der Waals surface area contributed by atoms with E-state index in [-0.39, 0.29) is 12.3 Å². The van der Waals surface area contributed by atoms with Gasteiger partial charge in [0, 0.05) is 10.0 Å². The van der Waals surface area contributed by atoms with E-state index in [9.17, 15) is 9.59 Å². The monoisotopic (exact) mass is 419 g/mol. The number of amides is 1. The predicted molar refractivity (Wildman–Crippen MR) is 100 cm³/mol. The molecule has 0 saturated carbocycles. The zero-order valence-electron chi connectivity index (χ0n) is 14.3. The summed E-state index contributed by atoms with van der Waals surface area (Å²) in [6.45, 7) is 0.0847. The van der Waals surface area contributed by atoms with Crippen molar-refractivity contribution in [1.82, 2.24) is 5.32 Å². The van der Waals surface area contributed by atoms with Gasteiger partial charge >= 0.3 is 12.1 Å². The van der Waals surface area contributed by atoms with Gasteiger partial charge in [0.1, 0.15) is 18.1 Å². The molecule has 136 valence electrons. The highest BCUT2D eigenvalue weighted by atomic mass is 79.9. The standard InChI is InChI=1S/C19H18BrNO5/c1-24-17-9-8-15(20)10-14(17)11-16(18(22)25-2)21-19(23)26-12-13-6-4-3-5-7-13/h3-11H,12H2,1-2H3,(H,21,23)/b16-11+. The summed E-state index contributed by atoms with van der Waals surface area (Å²) in [6, 6.07) is 14.5. The van der Waals surface area contributed by atoms with Gasteiger partial charge < -0.3 is 14.2 Å². The summed E-state index contributed by atoms with van der Waals surface area (Å²) >= 11 is 3.36. The van der Waals surface area contributed by atoms with Crippen molar-refractivity contribution in [3.05, 3.63) is 69.8 Å². The molecule has 0 spiro atoms. The van der Waals surface area contributed by atoms with E-state index in [1.165, 1.54) is 20.3 Å². The fraction of sp³-hybridized carbons (Fsp3) is 0.158. The van der Waals surface area contributed by atoms with E-state index < -0.39 is 12.1 Å². The SMILES string of the molecule is COC(=O)/C(=C\c1cc(Br)ccc1OC)NC(=O)OCc1ccccc1. The summed E-state index contributed by atoms with van der Waals surface area (Å²) in [7, 11) is 2.74. The van der Waals surface area contributed by atoms with E-state index >= 15 is 0 Å². The molecule has 0 bridgehead atoms. The number of hydrogen-bond donors (Lipinski definition) is 1. The molecular formula is C19H18BrNO5. The van der Waals surface area contributed by atoms with Crippen LogP contribution in [0.2, 0.25) is 0 Å². The molecule has 0 heterocycles. The van der Waals surface area contributed by atoms with Crippen molar-refractivity contribution in [3.63, 3.8) is 0 Å². The Balaban J connectivity index is 2.16. The topological polar surface area (TPSA) is 73.9 Å². The van der Waals surface area contributed by atoms with Gasteiger partial charge in [0.25, 0.3) is 0 Å². The summed E-state index contributed by atoms with van der Waals surface area (Å²) in [6.07, 6.45) is 0.693. The van der Waals surface area contributed by atoms with Crippen LogP contribution in [-0.2, 0) is 20.9 Å². The molecule has 0 saturated heterocycles. The van der Waals surface area contributed by atoms with Gasteiger partial charge in [-0.3, -0.25) is 5.32 Å². The average Bonchev–Trinajstić information content (AvgIpc) is 2.66. The van der Waals surface area contributed by atoms with Crippen LogP contribution >= 0.6 is 15.9 Å². The molecular weight excluding hydrogens is 402 g/mol. The van der Waals surface area contributed by atoms with Gasteiger partial charge in [-0.15, -0.1) is 0 Å². The molecule has 6 nitrogen and oxygen atoms in total. The molecule has 0 radical (unpaired) electrons. The maximum absolute atomic E-state index is 12.0. The van der Waals surface area contributed by atoms with Crippen molar-refractivity contribution in [2.45, 2.75) is 6.61 Å². The Labute approximate surface area is 159 Å². The van der Waals surface area contributed by atoms with E-state index in [4.69, 9.17) is 14.2 Å². The van der Waals surface area contributed by atoms with E-state index in [0.717, 1.165) is 10.0 Å². The molecule has 0 fully saturated rings. The van der Waals surface area contributed by atoms with Crippen LogP contribution in [0, 0.1) is 0 Å². The molecule has 0 atom stereocenters. The number of carbonyl (C=O) groups excluding carboxylic acids is 2. The Bertz CT molecular complexity index is 805. The summed E-state index contributed by atoms with van der Waals surface area (Å²) in [5.41, 5.74) is 1.35. The zero-order valence-corrected chi connectivity index (χ0v) is 15.9. The summed E-state index contributed by atoms with van der Waals surface area (Å²) in [5.74, 6) is -0.169. The number of halogens is 1. The Morgan fingerprint density at radius 3 is 2.50 bits per heavy atom. The molecule has 1 amide bonds. The minimum absolute atomic E-state index is 0.0676. The van der Waals surface area contributed by atoms with Crippen molar-refractivity contribution in [2.24, 2.45) is 0 Å². The van der Waals surface area contributed by atoms with Crippen molar-refractivity contribution >= 4 is 34.1 Å². The molecule has 0 aromatic heterocycles. The van der Waals surface area contributed by atoms with E-state index in [0.29, 0.717) is 11.3 Å². The Hall–Kier alpha value is -2.80. The van der Waals surface area contributed by atoms with Gasteiger partial charge in [0.05, 0.1) is 14.2 Å². The highest BCUT2D eigenvalue weighted by Crippen LogP contribution is 2.25. The lowest BCUT2D eigenvalue weighted by Gasteiger charge is -2.11. The van der Waals surface area contributed by atoms with Crippen LogP contribution in [0.3, 0.4) is 0 Å². The number of hydrogen-bond acceptors (Lipinski definition) is 5. The predicted octanol–water partition coefficient (Wildman–Crippen LogP) is 3.90. The first-order chi connectivity index (χ1) is 12.5. The quantitative estimate of drug-likeness (QED) is 0.567. The summed E-state index contributed by atoms with van der Waals surface area (Å²) < 4.78 is 15.9. The van der Waals surface area contributed by atoms with Crippen molar-refractivity contribution in [3.8, 4) is 5.75 Å². The number of methoxy groups -OCH3 is 2. The average molecular weight is 420 g/mol. The number of esters is 1. The van der Waals surface area contributed by atoms with Gasteiger partial charge in [-0.1, -0.05) is 46.3 Å². The normalized spacial score (nSPS) is 10.8. The van der Waals surface area contributed by atoms with E-state index in [1.807, 2.05) is 30.3 Å². The molecule has 1 N–H and O–H groups in total. The van der Waals surface area contributed by atoms with Crippen LogP contribution in [0.5, 0.6) is 5.75 Å². The first kappa shape index (κ1) is 19.5. The van der Waals surface area contributed by atoms with Crippen molar-refractivity contribution in [2.75, 3.05) is 14.2 Å². The molecule has 2 aromatic carbocycles. The number of rotatable bonds is 6. The van der Waals surface area contributed by atoms with Crippen LogP contribution in [0.15, 0.2) is 58.7 Å². The van der Waals surface area contributed by atoms with Gasteiger partial charge in [0.15, 0.2) is 0 Å². The lowest BCUT2D eigenvalue weighted by atomic mass is 10.1. The minimum atomic E-state index is -0.764. The molecule has 0 unspecified atom stereocenters. The van der Waals surface area contributed by atoms with Crippen LogP contribution in [0.4, 0.5) is 4.79 Å². The van der Waals surface area contributed by atoms with Crippen molar-refractivity contribution < 1.29 is 23.8 Å². The fourth-order valence-corrected chi connectivity index (χ4v) is 2.48. The minimum Gasteiger partial charge on any atom is -0.496 e. The second kappa shape index (κ2) is 9.62. The molecule has 0 aliphatic carbocycles. The third-order valence-electron chi connectivity index (χ3n) is 3.35. The van der Waals surface area contributed by atoms with Crippen LogP contribution in [0.1, 0.15) is 11.1 Å². The number of alkyl carbamates (subject to hydrolysis) is 1. The Kier molecular flexibility index (Phi) is 7.23. The number of ether oxygens (including phenoxy) is 3. The molecule has 7 heteroatoms. The maximum atomic E-state index is 12.0. The summed E-state index contributed by atoms with van der Waals surface area (Å²) in [4.78, 5) is 24.0. The lowest BCUT2D eigenvalue weighted by Crippen LogP contribution is -2.28. The van der Waals surface area contributed by atoms with E-state index in [2.05, 4.69) is 21.2 Å². The van der Waals surface area contributed by atoms with Gasteiger partial charge in [0.2, 0.25) is 0 Å². The third-order valence-corrected chi connectivity index (χ3v) is 3.84. The van der Waals surface area contributed by atoms with Crippen LogP contribution in [-0.4, -0.2) is 26.3 Å². The maximum Gasteiger partial charge on any atom is 0.412 e. The second-order valence-electron chi connectivity index (χ2n) is 5.12. The zero-order chi connectivity index (χ0) is 18.9. The fourth-order valence-electron chi connectivity index (χ4n) is 2.10. The van der Waals surface area contributed by atoms with Gasteiger partial charge in [-0.2, -0.15) is 0 Å². The Morgan fingerprint density at radius 2 is 1.85 bits per heavy atom. The number of nitrogens with one attached hydrogen (secondary N) is 1. The molecule has 0 aliphatic heterocycles. The number of benzene rings is 2. The van der Waals surface area contributed by atoms with Gasteiger partial charge in [-0.25, -0.2) is 9.59 Å². The molecule has 2 aromatic rings. The first-order valence-corrected chi connectivity index (χ1v) is 8.44. The molecule has 2 rings (SSSR count). The van der Waals surface area contributed by atoms with Crippen LogP contribution in [0.25, 0.3) is 6.08 Å². The van der Waals surface area contributed by atoms with Gasteiger partial charge in [-0.05, 0) is 29.8 Å². The third kappa shape index (κ3) is 5.63. The van der Waals surface area contributed by atoms with Crippen LogP contribution < -0.4 is 10.1 Å². The summed E-state index contributed by atoms with van der Waals surface area (Å²) in [5, 5.41) is 2.41. The molecule has 26 heavy (non-hydrogen) atoms. The smallest absolute Gasteiger partial charge is 0.412 e. The molecule has 0 aliphatic rings.